The fourth-order valence-electron chi connectivity index (χ4n) is 2.58. The number of hydrogen-bond acceptors (Lipinski definition) is 3. The van der Waals surface area contributed by atoms with Gasteiger partial charge >= 0.3 is 0 Å². The van der Waals surface area contributed by atoms with Crippen LogP contribution in [-0.2, 0) is 4.79 Å². The molecule has 0 aliphatic heterocycles. The molecule has 1 aromatic rings. The molecule has 0 aromatic heterocycles. The number of nitrogens with one attached hydrogen (secondary N) is 1. The van der Waals surface area contributed by atoms with Crippen LogP contribution < -0.4 is 15.8 Å². The summed E-state index contributed by atoms with van der Waals surface area (Å²) in [5.74, 6) is 0.586. The third-order valence-electron chi connectivity index (χ3n) is 3.84. The van der Waals surface area contributed by atoms with Gasteiger partial charge in [-0.1, -0.05) is 24.4 Å². The summed E-state index contributed by atoms with van der Waals surface area (Å²) in [5, 5.41) is 3.39. The van der Waals surface area contributed by atoms with Crippen LogP contribution in [0.25, 0.3) is 0 Å². The average Bonchev–Trinajstić information content (AvgIpc) is 2.89. The van der Waals surface area contributed by atoms with Crippen molar-refractivity contribution >= 4 is 23.2 Å². The van der Waals surface area contributed by atoms with Crippen molar-refractivity contribution in [2.45, 2.75) is 25.7 Å². The fourth-order valence-corrected chi connectivity index (χ4v) is 2.84. The lowest BCUT2D eigenvalue weighted by Crippen LogP contribution is -2.40. The summed E-state index contributed by atoms with van der Waals surface area (Å²) >= 11 is 6.04. The second kappa shape index (κ2) is 5.80. The lowest BCUT2D eigenvalue weighted by atomic mass is 9.85. The van der Waals surface area contributed by atoms with E-state index >= 15 is 0 Å². The minimum absolute atomic E-state index is 0.00580. The highest BCUT2D eigenvalue weighted by atomic mass is 35.5. The normalized spacial score (nSPS) is 17.2. The number of rotatable bonds is 4. The first-order chi connectivity index (χ1) is 9.11. The second-order valence-electron chi connectivity index (χ2n) is 5.00. The molecule has 1 fully saturated rings. The highest BCUT2D eigenvalue weighted by Crippen LogP contribution is 2.38. The summed E-state index contributed by atoms with van der Waals surface area (Å²) < 4.78 is 5.08. The Labute approximate surface area is 118 Å². The molecule has 1 saturated carbocycles. The fraction of sp³-hybridized carbons (Fsp3) is 0.500. The van der Waals surface area contributed by atoms with Gasteiger partial charge in [0.05, 0.1) is 17.5 Å². The first-order valence-electron chi connectivity index (χ1n) is 6.46. The van der Waals surface area contributed by atoms with Crippen molar-refractivity contribution in [3.63, 3.8) is 0 Å². The molecule has 0 radical (unpaired) electrons. The standard InChI is InChI=1S/C14H19ClN2O2/c1-19-12-5-4-10(8-11(12)15)17-13(18)14(9-16)6-2-3-7-14/h4-5,8H,2-3,6-7,9,16H2,1H3,(H,17,18). The van der Waals surface area contributed by atoms with Gasteiger partial charge in [0.15, 0.2) is 0 Å². The summed E-state index contributed by atoms with van der Waals surface area (Å²) in [6, 6.07) is 5.21. The van der Waals surface area contributed by atoms with Crippen LogP contribution in [0, 0.1) is 5.41 Å². The molecule has 0 bridgehead atoms. The molecule has 3 N–H and O–H groups in total. The molecule has 1 aliphatic carbocycles. The van der Waals surface area contributed by atoms with E-state index in [1.807, 2.05) is 0 Å². The number of methoxy groups -OCH3 is 1. The van der Waals surface area contributed by atoms with Crippen molar-refractivity contribution < 1.29 is 9.53 Å². The lowest BCUT2D eigenvalue weighted by molar-refractivity contribution is -0.124. The Kier molecular flexibility index (Phi) is 4.32. The first-order valence-corrected chi connectivity index (χ1v) is 6.84. The SMILES string of the molecule is COc1ccc(NC(=O)C2(CN)CCCC2)cc1Cl. The zero-order chi connectivity index (χ0) is 13.9. The molecule has 0 saturated heterocycles. The number of carbonyl (C=O) groups is 1. The van der Waals surface area contributed by atoms with Gasteiger partial charge in [0.2, 0.25) is 5.91 Å². The highest BCUT2D eigenvalue weighted by molar-refractivity contribution is 6.32. The topological polar surface area (TPSA) is 64.3 Å². The Morgan fingerprint density at radius 3 is 2.68 bits per heavy atom. The van der Waals surface area contributed by atoms with E-state index in [4.69, 9.17) is 22.1 Å². The van der Waals surface area contributed by atoms with E-state index in [9.17, 15) is 4.79 Å². The summed E-state index contributed by atoms with van der Waals surface area (Å²) in [6.07, 6.45) is 3.85. The smallest absolute Gasteiger partial charge is 0.231 e. The van der Waals surface area contributed by atoms with Gasteiger partial charge in [-0.2, -0.15) is 0 Å². The van der Waals surface area contributed by atoms with E-state index in [1.165, 1.54) is 0 Å². The number of amides is 1. The maximum absolute atomic E-state index is 12.4. The summed E-state index contributed by atoms with van der Waals surface area (Å²) in [7, 11) is 1.56. The number of nitrogens with two attached hydrogens (primary N) is 1. The van der Waals surface area contributed by atoms with Crippen LogP contribution >= 0.6 is 11.6 Å². The molecule has 1 amide bonds. The van der Waals surface area contributed by atoms with Crippen LogP contribution in [0.2, 0.25) is 5.02 Å². The van der Waals surface area contributed by atoms with Crippen LogP contribution in [-0.4, -0.2) is 19.6 Å². The van der Waals surface area contributed by atoms with Gasteiger partial charge in [-0.15, -0.1) is 0 Å². The number of benzene rings is 1. The third-order valence-corrected chi connectivity index (χ3v) is 4.14. The lowest BCUT2D eigenvalue weighted by Gasteiger charge is -2.25. The van der Waals surface area contributed by atoms with Crippen LogP contribution in [0.15, 0.2) is 18.2 Å². The number of halogens is 1. The molecule has 0 heterocycles. The molecule has 104 valence electrons. The molecule has 19 heavy (non-hydrogen) atoms. The summed E-state index contributed by atoms with van der Waals surface area (Å²) in [6.45, 7) is 0.392. The van der Waals surface area contributed by atoms with Crippen molar-refractivity contribution in [2.75, 3.05) is 19.0 Å². The maximum Gasteiger partial charge on any atom is 0.231 e. The Hall–Kier alpha value is -1.26. The van der Waals surface area contributed by atoms with Gasteiger partial charge in [0.25, 0.3) is 0 Å². The van der Waals surface area contributed by atoms with Crippen molar-refractivity contribution in [3.8, 4) is 5.75 Å². The number of ether oxygens (including phenoxy) is 1. The molecular weight excluding hydrogens is 264 g/mol. The Balaban J connectivity index is 2.12. The van der Waals surface area contributed by atoms with Gasteiger partial charge in [-0.05, 0) is 31.0 Å². The monoisotopic (exact) mass is 282 g/mol. The maximum atomic E-state index is 12.4. The first kappa shape index (κ1) is 14.2. The summed E-state index contributed by atoms with van der Waals surface area (Å²) in [5.41, 5.74) is 6.06. The Morgan fingerprint density at radius 1 is 1.47 bits per heavy atom. The van der Waals surface area contributed by atoms with E-state index in [0.29, 0.717) is 23.0 Å². The van der Waals surface area contributed by atoms with Gasteiger partial charge in [0.1, 0.15) is 5.75 Å². The van der Waals surface area contributed by atoms with Crippen molar-refractivity contribution in [1.29, 1.82) is 0 Å². The third kappa shape index (κ3) is 2.85. The average molecular weight is 283 g/mol. The van der Waals surface area contributed by atoms with Crippen molar-refractivity contribution in [3.05, 3.63) is 23.2 Å². The van der Waals surface area contributed by atoms with E-state index in [0.717, 1.165) is 25.7 Å². The van der Waals surface area contributed by atoms with Crippen LogP contribution in [0.1, 0.15) is 25.7 Å². The molecule has 0 atom stereocenters. The summed E-state index contributed by atoms with van der Waals surface area (Å²) in [4.78, 5) is 12.4. The molecule has 0 unspecified atom stereocenters. The van der Waals surface area contributed by atoms with E-state index in [-0.39, 0.29) is 5.91 Å². The van der Waals surface area contributed by atoms with E-state index in [2.05, 4.69) is 5.32 Å². The molecular formula is C14H19ClN2O2. The van der Waals surface area contributed by atoms with Crippen molar-refractivity contribution in [1.82, 2.24) is 0 Å². The molecule has 4 nitrogen and oxygen atoms in total. The van der Waals surface area contributed by atoms with E-state index < -0.39 is 5.41 Å². The zero-order valence-electron chi connectivity index (χ0n) is 11.0. The van der Waals surface area contributed by atoms with Crippen LogP contribution in [0.5, 0.6) is 5.75 Å². The van der Waals surface area contributed by atoms with Gasteiger partial charge in [-0.25, -0.2) is 0 Å². The van der Waals surface area contributed by atoms with Gasteiger partial charge in [-0.3, -0.25) is 4.79 Å². The quantitative estimate of drug-likeness (QED) is 0.892. The Morgan fingerprint density at radius 2 is 2.16 bits per heavy atom. The van der Waals surface area contributed by atoms with E-state index in [1.54, 1.807) is 25.3 Å². The molecule has 1 aliphatic rings. The highest BCUT2D eigenvalue weighted by Gasteiger charge is 2.39. The predicted octanol–water partition coefficient (Wildman–Crippen LogP) is 2.81. The predicted molar refractivity (Wildman–Crippen MR) is 76.6 cm³/mol. The second-order valence-corrected chi connectivity index (χ2v) is 5.40. The van der Waals surface area contributed by atoms with Crippen molar-refractivity contribution in [2.24, 2.45) is 11.1 Å². The number of anilines is 1. The van der Waals surface area contributed by atoms with Crippen LogP contribution in [0.3, 0.4) is 0 Å². The number of hydrogen-bond donors (Lipinski definition) is 2. The molecule has 2 rings (SSSR count). The van der Waals surface area contributed by atoms with Crippen LogP contribution in [0.4, 0.5) is 5.69 Å². The molecule has 5 heteroatoms. The zero-order valence-corrected chi connectivity index (χ0v) is 11.8. The van der Waals surface area contributed by atoms with Gasteiger partial charge in [0, 0.05) is 12.2 Å². The minimum Gasteiger partial charge on any atom is -0.495 e. The number of carbonyl (C=O) groups excluding carboxylic acids is 1. The molecule has 1 aromatic carbocycles. The van der Waals surface area contributed by atoms with Gasteiger partial charge < -0.3 is 15.8 Å². The Bertz CT molecular complexity index is 471. The molecule has 0 spiro atoms. The minimum atomic E-state index is -0.410. The largest absolute Gasteiger partial charge is 0.495 e.